The highest BCUT2D eigenvalue weighted by Crippen LogP contribution is 2.57. The van der Waals surface area contributed by atoms with Crippen LogP contribution in [0.4, 0.5) is 15.7 Å². The number of carbonyl (C=O) groups excluding carboxylic acids is 1. The summed E-state index contributed by atoms with van der Waals surface area (Å²) in [4.78, 5) is 33.4. The number of nitrogens with zero attached hydrogens (tertiary/aromatic N) is 5. The van der Waals surface area contributed by atoms with Gasteiger partial charge in [0.25, 0.3) is 5.69 Å². The molecule has 6 heterocycles. The fourth-order valence-corrected chi connectivity index (χ4v) is 7.95. The van der Waals surface area contributed by atoms with Crippen LogP contribution in [0.3, 0.4) is 0 Å². The normalized spacial score (nSPS) is 22.6. The van der Waals surface area contributed by atoms with E-state index in [4.69, 9.17) is 10.7 Å². The lowest BCUT2D eigenvalue weighted by Gasteiger charge is -2.41. The van der Waals surface area contributed by atoms with Crippen LogP contribution in [-0.4, -0.2) is 29.6 Å². The molecule has 8 rings (SSSR count). The van der Waals surface area contributed by atoms with Crippen molar-refractivity contribution in [2.45, 2.75) is 43.9 Å². The Balaban J connectivity index is 1.47. The molecule has 1 atom stereocenters. The number of thiophene rings is 1. The number of nitrogens with two attached hydrogens (primary N) is 1. The minimum atomic E-state index is -0.627. The third kappa shape index (κ3) is 2.74. The monoisotopic (exact) mass is 498 g/mol. The fraction of sp³-hybridized carbons (Fsp3) is 0.346. The molecule has 0 spiro atoms. The molecule has 6 aliphatic rings. The molecular weight excluding hydrogens is 476 g/mol. The molecule has 0 radical (unpaired) electrons. The number of fused-ring (bicyclic) bond motifs is 6. The third-order valence-electron chi connectivity index (χ3n) is 8.07. The lowest BCUT2D eigenvalue weighted by atomic mass is 9.75. The first-order valence-electron chi connectivity index (χ1n) is 12.2. The number of anilines is 2. The highest BCUT2D eigenvalue weighted by Gasteiger charge is 2.46. The minimum Gasteiger partial charge on any atom is -0.383 e. The number of rotatable bonds is 2. The maximum atomic E-state index is 13.4. The number of benzene rings is 1. The van der Waals surface area contributed by atoms with Crippen molar-refractivity contribution in [3.05, 3.63) is 73.7 Å². The van der Waals surface area contributed by atoms with Gasteiger partial charge >= 0.3 is 0 Å². The molecule has 1 aromatic heterocycles. The first kappa shape index (κ1) is 21.3. The Labute approximate surface area is 211 Å². The van der Waals surface area contributed by atoms with Crippen molar-refractivity contribution in [3.8, 4) is 6.07 Å². The fourth-order valence-electron chi connectivity index (χ4n) is 6.47. The number of Topliss-reactive ketones (excluding diaryl/α,β-unsaturated/α-hetero) is 1. The molecule has 0 amide bonds. The molecule has 2 bridgehead atoms. The molecular formula is C26H22N6O3S. The second-order valence-electron chi connectivity index (χ2n) is 9.86. The zero-order valence-electron chi connectivity index (χ0n) is 19.4. The average Bonchev–Trinajstić information content (AvgIpc) is 3.32. The summed E-state index contributed by atoms with van der Waals surface area (Å²) >= 11 is 1.69. The standard InChI is InChI=1S/C26H22N6O3S/c27-12-16-19(13-4-6-15(7-5-13)32(34)35)21-17(2-1-3-18(21)33)31-24(16)29-23(28)22-20-14-8-10-30(11-9-14)25(20)36-26(22)31/h4-7,14,19H,1-3,8-11H2,(H2,28,29)/t19-/m0/s1. The van der Waals surface area contributed by atoms with Crippen molar-refractivity contribution in [3.63, 3.8) is 0 Å². The van der Waals surface area contributed by atoms with E-state index in [1.807, 2.05) is 4.90 Å². The summed E-state index contributed by atoms with van der Waals surface area (Å²) in [5, 5.41) is 23.8. The summed E-state index contributed by atoms with van der Waals surface area (Å²) in [5.41, 5.74) is 11.3. The third-order valence-corrected chi connectivity index (χ3v) is 9.32. The van der Waals surface area contributed by atoms with Gasteiger partial charge in [0.15, 0.2) is 11.6 Å². The van der Waals surface area contributed by atoms with Gasteiger partial charge in [0, 0.05) is 48.5 Å². The lowest BCUT2D eigenvalue weighted by molar-refractivity contribution is -0.384. The Morgan fingerprint density at radius 1 is 1.17 bits per heavy atom. The molecule has 1 fully saturated rings. The lowest BCUT2D eigenvalue weighted by Crippen LogP contribution is -2.40. The summed E-state index contributed by atoms with van der Waals surface area (Å²) < 4.78 is 0. The number of hydrogen-bond acceptors (Lipinski definition) is 9. The predicted octanol–water partition coefficient (Wildman–Crippen LogP) is 4.42. The van der Waals surface area contributed by atoms with Crippen LogP contribution in [0.5, 0.6) is 0 Å². The van der Waals surface area contributed by atoms with Gasteiger partial charge in [-0.25, -0.2) is 4.99 Å². The largest absolute Gasteiger partial charge is 0.383 e. The maximum absolute atomic E-state index is 13.4. The molecule has 5 aliphatic heterocycles. The average molecular weight is 499 g/mol. The van der Waals surface area contributed by atoms with Crippen LogP contribution < -0.4 is 15.5 Å². The van der Waals surface area contributed by atoms with Crippen molar-refractivity contribution in [2.75, 3.05) is 22.9 Å². The SMILES string of the molecule is N#CC1=C2N=C(N)c3c(sc4c3C3CCN4CC3)N2C2=C(C(=O)CCC2)[C@H]1c1ccc([N+](=O)[O-])cc1. The highest BCUT2D eigenvalue weighted by molar-refractivity contribution is 7.21. The second kappa shape index (κ2) is 7.51. The van der Waals surface area contributed by atoms with Gasteiger partial charge in [0.05, 0.1) is 33.0 Å². The van der Waals surface area contributed by atoms with Gasteiger partial charge in [-0.2, -0.15) is 5.26 Å². The van der Waals surface area contributed by atoms with E-state index in [0.29, 0.717) is 47.1 Å². The highest BCUT2D eigenvalue weighted by atomic mass is 32.1. The van der Waals surface area contributed by atoms with Crippen LogP contribution >= 0.6 is 11.3 Å². The number of hydrogen-bond donors (Lipinski definition) is 1. The predicted molar refractivity (Wildman–Crippen MR) is 136 cm³/mol. The first-order chi connectivity index (χ1) is 17.5. The maximum Gasteiger partial charge on any atom is 0.269 e. The Hall–Kier alpha value is -3.97. The van der Waals surface area contributed by atoms with E-state index in [1.54, 1.807) is 23.5 Å². The van der Waals surface area contributed by atoms with Crippen molar-refractivity contribution < 1.29 is 9.72 Å². The molecule has 1 aliphatic carbocycles. The number of aliphatic imine (C=N–C) groups is 1. The minimum absolute atomic E-state index is 0.0145. The summed E-state index contributed by atoms with van der Waals surface area (Å²) in [6.45, 7) is 2.07. The molecule has 1 aromatic carbocycles. The van der Waals surface area contributed by atoms with E-state index in [2.05, 4.69) is 11.0 Å². The molecule has 9 nitrogen and oxygen atoms in total. The molecule has 0 saturated carbocycles. The summed E-state index contributed by atoms with van der Waals surface area (Å²) in [6.07, 6.45) is 4.04. The number of amidine groups is 1. The van der Waals surface area contributed by atoms with Gasteiger partial charge in [0.1, 0.15) is 10.8 Å². The topological polar surface area (TPSA) is 129 Å². The van der Waals surface area contributed by atoms with Gasteiger partial charge in [0.2, 0.25) is 0 Å². The number of allylic oxidation sites excluding steroid dienone is 3. The molecule has 2 aromatic rings. The van der Waals surface area contributed by atoms with Gasteiger partial charge in [-0.15, -0.1) is 0 Å². The number of non-ortho nitro benzene ring substituents is 1. The quantitative estimate of drug-likeness (QED) is 0.479. The van der Waals surface area contributed by atoms with Crippen molar-refractivity contribution >= 4 is 38.6 Å². The zero-order valence-corrected chi connectivity index (χ0v) is 20.2. The zero-order chi connectivity index (χ0) is 24.7. The number of piperidine rings is 1. The molecule has 36 heavy (non-hydrogen) atoms. The molecule has 0 unspecified atom stereocenters. The van der Waals surface area contributed by atoms with Crippen LogP contribution in [0.15, 0.2) is 51.9 Å². The molecule has 10 heteroatoms. The Kier molecular flexibility index (Phi) is 4.45. The van der Waals surface area contributed by atoms with E-state index in [-0.39, 0.29) is 11.5 Å². The molecule has 2 N–H and O–H groups in total. The second-order valence-corrected chi connectivity index (χ2v) is 10.8. The summed E-state index contributed by atoms with van der Waals surface area (Å²) in [7, 11) is 0. The summed E-state index contributed by atoms with van der Waals surface area (Å²) in [6, 6.07) is 8.45. The number of nitro benzene ring substituents is 1. The number of nitro groups is 1. The van der Waals surface area contributed by atoms with Crippen molar-refractivity contribution in [1.82, 2.24) is 0 Å². The van der Waals surface area contributed by atoms with Crippen LogP contribution in [0.1, 0.15) is 60.6 Å². The van der Waals surface area contributed by atoms with E-state index in [9.17, 15) is 20.2 Å². The van der Waals surface area contributed by atoms with Crippen LogP contribution in [-0.2, 0) is 4.79 Å². The molecule has 180 valence electrons. The smallest absolute Gasteiger partial charge is 0.269 e. The Bertz CT molecular complexity index is 1500. The van der Waals surface area contributed by atoms with Crippen LogP contribution in [0.25, 0.3) is 0 Å². The number of carbonyl (C=O) groups is 1. The van der Waals surface area contributed by atoms with Crippen molar-refractivity contribution in [2.24, 2.45) is 10.7 Å². The summed E-state index contributed by atoms with van der Waals surface area (Å²) in [5.74, 6) is 0.737. The number of nitriles is 1. The van der Waals surface area contributed by atoms with E-state index >= 15 is 0 Å². The van der Waals surface area contributed by atoms with Gasteiger partial charge in [-0.1, -0.05) is 23.5 Å². The van der Waals surface area contributed by atoms with Crippen molar-refractivity contribution in [1.29, 1.82) is 5.26 Å². The molecule has 1 saturated heterocycles. The number of ketones is 1. The van der Waals surface area contributed by atoms with E-state index in [0.717, 1.165) is 48.6 Å². The Morgan fingerprint density at radius 3 is 2.61 bits per heavy atom. The van der Waals surface area contributed by atoms with Gasteiger partial charge < -0.3 is 10.6 Å². The van der Waals surface area contributed by atoms with E-state index < -0.39 is 10.8 Å². The van der Waals surface area contributed by atoms with Gasteiger partial charge in [-0.05, 0) is 37.2 Å². The van der Waals surface area contributed by atoms with E-state index in [1.165, 1.54) is 22.7 Å². The van der Waals surface area contributed by atoms with Crippen LogP contribution in [0.2, 0.25) is 0 Å². The van der Waals surface area contributed by atoms with Crippen LogP contribution in [0, 0.1) is 21.4 Å². The first-order valence-corrected chi connectivity index (χ1v) is 13.0. The van der Waals surface area contributed by atoms with Gasteiger partial charge in [-0.3, -0.25) is 19.8 Å². The Morgan fingerprint density at radius 2 is 1.92 bits per heavy atom.